The molecular formula is C23H19F3N4O4. The molecule has 2 aromatic carbocycles. The lowest BCUT2D eigenvalue weighted by molar-refractivity contribution is -0.158. The minimum absolute atomic E-state index is 0.0333. The van der Waals surface area contributed by atoms with Crippen LogP contribution in [0, 0.1) is 0 Å². The Morgan fingerprint density at radius 1 is 1.06 bits per heavy atom. The molecule has 11 heteroatoms. The SMILES string of the molecule is O=C1CC(C(F)(F)F)N(C(=O)CN2C(=O)NC3(CCc4ccccc43)C2=O)c2ccccc2N1. The Morgan fingerprint density at radius 2 is 1.76 bits per heavy atom. The summed E-state index contributed by atoms with van der Waals surface area (Å²) in [5.74, 6) is -2.71. The second kappa shape index (κ2) is 7.57. The second-order valence-electron chi connectivity index (χ2n) is 8.47. The largest absolute Gasteiger partial charge is 0.409 e. The van der Waals surface area contributed by atoms with Crippen molar-refractivity contribution in [3.8, 4) is 0 Å². The Morgan fingerprint density at radius 3 is 2.53 bits per heavy atom. The smallest absolute Gasteiger partial charge is 0.324 e. The van der Waals surface area contributed by atoms with Crippen LogP contribution in [0.25, 0.3) is 0 Å². The number of carbonyl (C=O) groups excluding carboxylic acids is 4. The van der Waals surface area contributed by atoms with Gasteiger partial charge in [0, 0.05) is 0 Å². The first-order valence-corrected chi connectivity index (χ1v) is 10.6. The fourth-order valence-electron chi connectivity index (χ4n) is 4.94. The number of amides is 5. The molecule has 1 fully saturated rings. The molecule has 2 unspecified atom stereocenters. The Bertz CT molecular complexity index is 1230. The molecule has 176 valence electrons. The maximum atomic E-state index is 13.9. The van der Waals surface area contributed by atoms with Crippen molar-refractivity contribution in [3.05, 3.63) is 59.7 Å². The number of imide groups is 1. The fourth-order valence-corrected chi connectivity index (χ4v) is 4.94. The van der Waals surface area contributed by atoms with Gasteiger partial charge in [-0.25, -0.2) is 4.79 Å². The summed E-state index contributed by atoms with van der Waals surface area (Å²) in [6.45, 7) is -0.899. The minimum atomic E-state index is -4.92. The van der Waals surface area contributed by atoms with Gasteiger partial charge >= 0.3 is 12.2 Å². The van der Waals surface area contributed by atoms with Gasteiger partial charge in [-0.05, 0) is 36.1 Å². The quantitative estimate of drug-likeness (QED) is 0.657. The zero-order valence-corrected chi connectivity index (χ0v) is 17.7. The summed E-state index contributed by atoms with van der Waals surface area (Å²) in [6, 6.07) is 9.38. The highest BCUT2D eigenvalue weighted by Gasteiger charge is 2.56. The lowest BCUT2D eigenvalue weighted by atomic mass is 9.92. The van der Waals surface area contributed by atoms with E-state index in [1.165, 1.54) is 24.3 Å². The van der Waals surface area contributed by atoms with Gasteiger partial charge in [-0.3, -0.25) is 24.2 Å². The lowest BCUT2D eigenvalue weighted by Crippen LogP contribution is -2.53. The van der Waals surface area contributed by atoms with E-state index in [0.717, 1.165) is 5.56 Å². The fraction of sp³-hybridized carbons (Fsp3) is 0.304. The molecule has 0 bridgehead atoms. The molecule has 0 saturated carbocycles. The maximum absolute atomic E-state index is 13.9. The van der Waals surface area contributed by atoms with E-state index in [2.05, 4.69) is 10.6 Å². The number of alkyl halides is 3. The van der Waals surface area contributed by atoms with E-state index in [4.69, 9.17) is 0 Å². The molecule has 2 aliphatic heterocycles. The van der Waals surface area contributed by atoms with Gasteiger partial charge in [0.2, 0.25) is 11.8 Å². The molecule has 34 heavy (non-hydrogen) atoms. The summed E-state index contributed by atoms with van der Waals surface area (Å²) in [4.78, 5) is 52.6. The number of fused-ring (bicyclic) bond motifs is 3. The molecule has 5 amide bonds. The molecule has 1 aliphatic carbocycles. The third-order valence-electron chi connectivity index (χ3n) is 6.49. The second-order valence-corrected chi connectivity index (χ2v) is 8.47. The van der Waals surface area contributed by atoms with E-state index >= 15 is 0 Å². The Kier molecular flexibility index (Phi) is 4.88. The van der Waals surface area contributed by atoms with Gasteiger partial charge in [-0.2, -0.15) is 13.2 Å². The molecule has 5 rings (SSSR count). The van der Waals surface area contributed by atoms with Gasteiger partial charge in [-0.1, -0.05) is 36.4 Å². The molecule has 3 aliphatic rings. The van der Waals surface area contributed by atoms with Crippen molar-refractivity contribution in [2.45, 2.75) is 37.0 Å². The number of hydrogen-bond acceptors (Lipinski definition) is 4. The zero-order chi connectivity index (χ0) is 24.3. The zero-order valence-electron chi connectivity index (χ0n) is 17.7. The average Bonchev–Trinajstić information content (AvgIpc) is 3.20. The Balaban J connectivity index is 1.49. The van der Waals surface area contributed by atoms with Crippen LogP contribution >= 0.6 is 0 Å². The van der Waals surface area contributed by atoms with Gasteiger partial charge in [0.25, 0.3) is 5.91 Å². The first kappa shape index (κ1) is 21.9. The maximum Gasteiger partial charge on any atom is 0.409 e. The predicted octanol–water partition coefficient (Wildman–Crippen LogP) is 2.69. The molecule has 2 N–H and O–H groups in total. The molecule has 1 spiro atoms. The van der Waals surface area contributed by atoms with Crippen molar-refractivity contribution < 1.29 is 32.3 Å². The van der Waals surface area contributed by atoms with Crippen LogP contribution in [0.4, 0.5) is 29.3 Å². The molecule has 2 heterocycles. The minimum Gasteiger partial charge on any atom is -0.324 e. The number of aryl methyl sites for hydroxylation is 1. The van der Waals surface area contributed by atoms with E-state index in [9.17, 15) is 32.3 Å². The average molecular weight is 472 g/mol. The van der Waals surface area contributed by atoms with Crippen LogP contribution in [0.3, 0.4) is 0 Å². The van der Waals surface area contributed by atoms with Crippen LogP contribution in [0.2, 0.25) is 0 Å². The first-order valence-electron chi connectivity index (χ1n) is 10.6. The first-order chi connectivity index (χ1) is 16.1. The van der Waals surface area contributed by atoms with Crippen LogP contribution in [-0.2, 0) is 26.3 Å². The molecule has 0 radical (unpaired) electrons. The van der Waals surface area contributed by atoms with Crippen LogP contribution in [-0.4, -0.2) is 47.4 Å². The number of nitrogens with zero attached hydrogens (tertiary/aromatic N) is 2. The van der Waals surface area contributed by atoms with Gasteiger partial charge in [0.15, 0.2) is 0 Å². The van der Waals surface area contributed by atoms with Crippen LogP contribution in [0.1, 0.15) is 24.0 Å². The number of para-hydroxylation sites is 2. The highest BCUT2D eigenvalue weighted by Crippen LogP contribution is 2.42. The van der Waals surface area contributed by atoms with Gasteiger partial charge in [0.1, 0.15) is 18.1 Å². The summed E-state index contributed by atoms with van der Waals surface area (Å²) in [6.07, 6.45) is -5.11. The number of hydrogen-bond donors (Lipinski definition) is 2. The van der Waals surface area contributed by atoms with Gasteiger partial charge in [0.05, 0.1) is 17.8 Å². The number of carbonyl (C=O) groups is 4. The number of nitrogens with one attached hydrogen (secondary N) is 2. The molecule has 1 saturated heterocycles. The molecule has 2 atom stereocenters. The molecule has 2 aromatic rings. The van der Waals surface area contributed by atoms with Crippen LogP contribution in [0.15, 0.2) is 48.5 Å². The standard InChI is InChI=1S/C23H19F3N4O4/c24-23(25,26)17-11-18(31)27-15-7-3-4-8-16(15)30(17)19(32)12-29-20(33)22(28-21(29)34)10-9-13-5-1-2-6-14(13)22/h1-8,17H,9-12H2,(H,27,31)(H,28,34). The van der Waals surface area contributed by atoms with Crippen molar-refractivity contribution in [1.29, 1.82) is 0 Å². The van der Waals surface area contributed by atoms with Crippen molar-refractivity contribution in [2.75, 3.05) is 16.8 Å². The number of halogens is 3. The Labute approximate surface area is 191 Å². The van der Waals surface area contributed by atoms with Crippen LogP contribution < -0.4 is 15.5 Å². The number of rotatable bonds is 2. The topological polar surface area (TPSA) is 98.8 Å². The summed E-state index contributed by atoms with van der Waals surface area (Å²) >= 11 is 0. The third kappa shape index (κ3) is 3.30. The van der Waals surface area contributed by atoms with Gasteiger partial charge in [-0.15, -0.1) is 0 Å². The van der Waals surface area contributed by atoms with Crippen LogP contribution in [0.5, 0.6) is 0 Å². The molecular weight excluding hydrogens is 453 g/mol. The van der Waals surface area contributed by atoms with E-state index in [0.29, 0.717) is 21.8 Å². The summed E-state index contributed by atoms with van der Waals surface area (Å²) in [7, 11) is 0. The highest BCUT2D eigenvalue weighted by molar-refractivity contribution is 6.12. The Hall–Kier alpha value is -3.89. The predicted molar refractivity (Wildman–Crippen MR) is 114 cm³/mol. The van der Waals surface area contributed by atoms with Gasteiger partial charge < -0.3 is 10.6 Å². The lowest BCUT2D eigenvalue weighted by Gasteiger charge is -2.32. The number of benzene rings is 2. The molecule has 0 aromatic heterocycles. The molecule has 8 nitrogen and oxygen atoms in total. The normalized spacial score (nSPS) is 24.0. The highest BCUT2D eigenvalue weighted by atomic mass is 19.4. The summed E-state index contributed by atoms with van der Waals surface area (Å²) in [5.41, 5.74) is 0.0320. The van der Waals surface area contributed by atoms with E-state index in [1.54, 1.807) is 12.1 Å². The van der Waals surface area contributed by atoms with Crippen molar-refractivity contribution in [2.24, 2.45) is 0 Å². The van der Waals surface area contributed by atoms with E-state index in [1.807, 2.05) is 12.1 Å². The number of anilines is 2. The van der Waals surface area contributed by atoms with E-state index < -0.39 is 54.5 Å². The number of urea groups is 1. The van der Waals surface area contributed by atoms with E-state index in [-0.39, 0.29) is 17.8 Å². The van der Waals surface area contributed by atoms with Crippen molar-refractivity contribution >= 4 is 35.1 Å². The van der Waals surface area contributed by atoms with Crippen molar-refractivity contribution in [1.82, 2.24) is 10.2 Å². The monoisotopic (exact) mass is 472 g/mol. The summed E-state index contributed by atoms with van der Waals surface area (Å²) in [5, 5.41) is 5.03. The van der Waals surface area contributed by atoms with Crippen molar-refractivity contribution in [3.63, 3.8) is 0 Å². The summed E-state index contributed by atoms with van der Waals surface area (Å²) < 4.78 is 41.8. The third-order valence-corrected chi connectivity index (χ3v) is 6.49.